The maximum absolute atomic E-state index is 13.0. The van der Waals surface area contributed by atoms with Crippen LogP contribution in [0.2, 0.25) is 0 Å². The second-order valence-corrected chi connectivity index (χ2v) is 9.43. The van der Waals surface area contributed by atoms with Crippen LogP contribution in [0.4, 0.5) is 0 Å². The number of carbonyl (C=O) groups is 1. The zero-order valence-corrected chi connectivity index (χ0v) is 17.8. The Labute approximate surface area is 168 Å². The predicted molar refractivity (Wildman–Crippen MR) is 113 cm³/mol. The Kier molecular flexibility index (Phi) is 5.04. The molecule has 6 nitrogen and oxygen atoms in total. The van der Waals surface area contributed by atoms with Gasteiger partial charge < -0.3 is 5.32 Å². The third-order valence-electron chi connectivity index (χ3n) is 6.22. The van der Waals surface area contributed by atoms with Gasteiger partial charge >= 0.3 is 0 Å². The molecule has 1 aliphatic carbocycles. The number of thiophene rings is 1. The first-order valence-corrected chi connectivity index (χ1v) is 11.0. The first-order chi connectivity index (χ1) is 13.4. The molecule has 1 N–H and O–H groups in total. The van der Waals surface area contributed by atoms with Crippen molar-refractivity contribution in [3.05, 3.63) is 33.2 Å². The van der Waals surface area contributed by atoms with Gasteiger partial charge in [0.1, 0.15) is 17.9 Å². The monoisotopic (exact) mass is 400 g/mol. The van der Waals surface area contributed by atoms with Crippen LogP contribution in [0.25, 0.3) is 15.7 Å². The predicted octanol–water partition coefficient (Wildman–Crippen LogP) is 3.52. The Morgan fingerprint density at radius 1 is 1.29 bits per heavy atom. The van der Waals surface area contributed by atoms with Gasteiger partial charge in [0.2, 0.25) is 5.91 Å². The number of hydrogen-bond acceptors (Lipinski definition) is 4. The van der Waals surface area contributed by atoms with E-state index < -0.39 is 0 Å². The normalized spacial score (nSPS) is 22.8. The quantitative estimate of drug-likeness (QED) is 0.728. The minimum absolute atomic E-state index is 0.0300. The van der Waals surface area contributed by atoms with E-state index in [9.17, 15) is 9.59 Å². The molecule has 7 heteroatoms. The van der Waals surface area contributed by atoms with E-state index in [-0.39, 0.29) is 24.1 Å². The van der Waals surface area contributed by atoms with E-state index in [2.05, 4.69) is 37.3 Å². The van der Waals surface area contributed by atoms with Gasteiger partial charge in [0.15, 0.2) is 0 Å². The Morgan fingerprint density at radius 3 is 2.82 bits per heavy atom. The fourth-order valence-electron chi connectivity index (χ4n) is 4.42. The molecule has 3 aromatic rings. The number of aromatic nitrogens is 3. The molecule has 0 aliphatic heterocycles. The molecule has 1 amide bonds. The number of rotatable bonds is 4. The van der Waals surface area contributed by atoms with Crippen LogP contribution < -0.4 is 10.9 Å². The van der Waals surface area contributed by atoms with E-state index in [0.29, 0.717) is 23.8 Å². The molecule has 1 saturated carbocycles. The highest BCUT2D eigenvalue weighted by atomic mass is 32.1. The van der Waals surface area contributed by atoms with Crippen LogP contribution in [0.5, 0.6) is 0 Å². The standard InChI is InChI=1S/C21H28N4O2S/c1-5-19-23-24(11-20(26)22-15-8-6-7-12(2)14(15)4)21(27)17-10-18-16(25(17)19)9-13(3)28-18/h9-10,12,14-15H,5-8,11H2,1-4H3,(H,22,26). The molecule has 0 aromatic carbocycles. The number of nitrogens with zero attached hydrogens (tertiary/aromatic N) is 3. The first kappa shape index (κ1) is 19.2. The van der Waals surface area contributed by atoms with Crippen molar-refractivity contribution in [2.24, 2.45) is 11.8 Å². The molecule has 28 heavy (non-hydrogen) atoms. The Hall–Kier alpha value is -2.15. The summed E-state index contributed by atoms with van der Waals surface area (Å²) in [5.74, 6) is 1.74. The second kappa shape index (κ2) is 7.35. The van der Waals surface area contributed by atoms with Gasteiger partial charge in [0.05, 0.1) is 10.2 Å². The van der Waals surface area contributed by atoms with Crippen molar-refractivity contribution in [1.82, 2.24) is 19.5 Å². The maximum Gasteiger partial charge on any atom is 0.291 e. The summed E-state index contributed by atoms with van der Waals surface area (Å²) >= 11 is 1.67. The van der Waals surface area contributed by atoms with Crippen LogP contribution in [0.15, 0.2) is 16.9 Å². The zero-order chi connectivity index (χ0) is 20.0. The van der Waals surface area contributed by atoms with E-state index in [1.54, 1.807) is 11.3 Å². The zero-order valence-electron chi connectivity index (χ0n) is 17.0. The van der Waals surface area contributed by atoms with Gasteiger partial charge in [0, 0.05) is 17.3 Å². The second-order valence-electron chi connectivity index (χ2n) is 8.15. The van der Waals surface area contributed by atoms with Crippen molar-refractivity contribution in [3.8, 4) is 0 Å². The summed E-state index contributed by atoms with van der Waals surface area (Å²) in [6.45, 7) is 8.51. The van der Waals surface area contributed by atoms with E-state index >= 15 is 0 Å². The molecule has 1 aliphatic rings. The number of hydrogen-bond donors (Lipinski definition) is 1. The molecule has 3 atom stereocenters. The molecule has 0 bridgehead atoms. The van der Waals surface area contributed by atoms with Gasteiger partial charge in [-0.05, 0) is 37.3 Å². The summed E-state index contributed by atoms with van der Waals surface area (Å²) in [4.78, 5) is 26.9. The van der Waals surface area contributed by atoms with Crippen molar-refractivity contribution in [2.75, 3.05) is 0 Å². The van der Waals surface area contributed by atoms with E-state index in [4.69, 9.17) is 0 Å². The fourth-order valence-corrected chi connectivity index (χ4v) is 5.37. The third-order valence-corrected chi connectivity index (χ3v) is 7.21. The minimum Gasteiger partial charge on any atom is -0.351 e. The SMILES string of the molecule is CCc1nn(CC(=O)NC2CCCC(C)C2C)c(=O)c2cc3sc(C)cc3n12. The lowest BCUT2D eigenvalue weighted by Gasteiger charge is -2.34. The summed E-state index contributed by atoms with van der Waals surface area (Å²) in [5, 5.41) is 7.67. The van der Waals surface area contributed by atoms with Gasteiger partial charge in [-0.3, -0.25) is 14.0 Å². The van der Waals surface area contributed by atoms with Crippen LogP contribution in [-0.4, -0.2) is 26.1 Å². The van der Waals surface area contributed by atoms with Crippen LogP contribution in [0.1, 0.15) is 50.7 Å². The van der Waals surface area contributed by atoms with Gasteiger partial charge in [-0.2, -0.15) is 5.10 Å². The molecule has 3 heterocycles. The number of amides is 1. The number of aryl methyl sites for hydroxylation is 2. The smallest absolute Gasteiger partial charge is 0.291 e. The highest BCUT2D eigenvalue weighted by Gasteiger charge is 2.28. The lowest BCUT2D eigenvalue weighted by Crippen LogP contribution is -2.46. The average Bonchev–Trinajstić information content (AvgIpc) is 3.18. The average molecular weight is 401 g/mol. The molecule has 3 aromatic heterocycles. The molecular formula is C21H28N4O2S. The van der Waals surface area contributed by atoms with Gasteiger partial charge in [-0.25, -0.2) is 4.68 Å². The largest absolute Gasteiger partial charge is 0.351 e. The molecule has 0 spiro atoms. The molecule has 0 saturated heterocycles. The molecule has 0 radical (unpaired) electrons. The highest BCUT2D eigenvalue weighted by Crippen LogP contribution is 2.30. The topological polar surface area (TPSA) is 68.4 Å². The van der Waals surface area contributed by atoms with Crippen LogP contribution >= 0.6 is 11.3 Å². The van der Waals surface area contributed by atoms with Crippen molar-refractivity contribution in [1.29, 1.82) is 0 Å². The Balaban J connectivity index is 1.64. The Morgan fingerprint density at radius 2 is 2.07 bits per heavy atom. The van der Waals surface area contributed by atoms with Crippen molar-refractivity contribution < 1.29 is 4.79 Å². The minimum atomic E-state index is -0.210. The van der Waals surface area contributed by atoms with E-state index in [1.165, 1.54) is 16.0 Å². The molecule has 3 unspecified atom stereocenters. The highest BCUT2D eigenvalue weighted by molar-refractivity contribution is 7.19. The Bertz CT molecular complexity index is 1090. The number of nitrogens with one attached hydrogen (secondary N) is 1. The van der Waals surface area contributed by atoms with Crippen LogP contribution in [-0.2, 0) is 17.8 Å². The van der Waals surface area contributed by atoms with Crippen LogP contribution in [0, 0.1) is 18.8 Å². The molecular weight excluding hydrogens is 372 g/mol. The summed E-state index contributed by atoms with van der Waals surface area (Å²) in [6, 6.07) is 4.20. The van der Waals surface area contributed by atoms with E-state index in [0.717, 1.165) is 28.9 Å². The first-order valence-electron chi connectivity index (χ1n) is 10.2. The summed E-state index contributed by atoms with van der Waals surface area (Å²) in [6.07, 6.45) is 4.05. The maximum atomic E-state index is 13.0. The fraction of sp³-hybridized carbons (Fsp3) is 0.571. The summed E-state index contributed by atoms with van der Waals surface area (Å²) in [7, 11) is 0. The molecule has 4 rings (SSSR count). The van der Waals surface area contributed by atoms with Gasteiger partial charge in [-0.1, -0.05) is 33.6 Å². The third kappa shape index (κ3) is 3.26. The lowest BCUT2D eigenvalue weighted by molar-refractivity contribution is -0.123. The summed E-state index contributed by atoms with van der Waals surface area (Å²) < 4.78 is 4.36. The van der Waals surface area contributed by atoms with Crippen molar-refractivity contribution in [3.63, 3.8) is 0 Å². The van der Waals surface area contributed by atoms with Gasteiger partial charge in [-0.15, -0.1) is 11.3 Å². The number of fused-ring (bicyclic) bond motifs is 3. The summed E-state index contributed by atoms with van der Waals surface area (Å²) in [5.41, 5.74) is 1.42. The van der Waals surface area contributed by atoms with E-state index in [1.807, 2.05) is 17.4 Å². The molecule has 150 valence electrons. The van der Waals surface area contributed by atoms with Crippen molar-refractivity contribution >= 4 is 33.0 Å². The van der Waals surface area contributed by atoms with Crippen molar-refractivity contribution in [2.45, 2.75) is 66.0 Å². The number of carbonyl (C=O) groups excluding carboxylic acids is 1. The lowest BCUT2D eigenvalue weighted by atomic mass is 9.78. The van der Waals surface area contributed by atoms with Gasteiger partial charge in [0.25, 0.3) is 5.56 Å². The van der Waals surface area contributed by atoms with Crippen LogP contribution in [0.3, 0.4) is 0 Å². The molecule has 1 fully saturated rings.